The Morgan fingerprint density at radius 3 is 1.33 bits per heavy atom. The fourth-order valence-corrected chi connectivity index (χ4v) is 13.7. The summed E-state index contributed by atoms with van der Waals surface area (Å²) in [5.41, 5.74) is -0.359. The van der Waals surface area contributed by atoms with Gasteiger partial charge in [0.05, 0.1) is 0 Å². The standard InChI is InChI=1S/C12H28O6P2Se/c1-11(2,3)9-17-20(14,18-10-12(4,5)6)21-19(13,15-7)16-8/h9-10H2,1-8H3. The van der Waals surface area contributed by atoms with E-state index in [-0.39, 0.29) is 24.0 Å². The van der Waals surface area contributed by atoms with Crippen LogP contribution in [0.15, 0.2) is 0 Å². The second-order valence-corrected chi connectivity index (χ2v) is 19.4. The molecule has 0 rings (SSSR count). The van der Waals surface area contributed by atoms with Gasteiger partial charge in [-0.2, -0.15) is 0 Å². The third-order valence-electron chi connectivity index (χ3n) is 1.96. The van der Waals surface area contributed by atoms with Crippen molar-refractivity contribution in [2.75, 3.05) is 27.4 Å². The average Bonchev–Trinajstić information content (AvgIpc) is 2.33. The first-order valence-electron chi connectivity index (χ1n) is 6.56. The molecule has 0 aliphatic carbocycles. The molecule has 0 amide bonds. The third-order valence-corrected chi connectivity index (χ3v) is 16.1. The monoisotopic (exact) mass is 410 g/mol. The Hall–Kier alpha value is 0.819. The maximum atomic E-state index is 12.9. The maximum absolute atomic E-state index is 12.9. The van der Waals surface area contributed by atoms with E-state index >= 15 is 0 Å². The normalized spacial score (nSPS) is 14.5. The predicted octanol–water partition coefficient (Wildman–Crippen LogP) is 4.33. The van der Waals surface area contributed by atoms with Crippen molar-refractivity contribution in [1.29, 1.82) is 0 Å². The molecule has 0 N–H and O–H groups in total. The van der Waals surface area contributed by atoms with E-state index in [1.165, 1.54) is 14.2 Å². The van der Waals surface area contributed by atoms with Crippen molar-refractivity contribution in [2.24, 2.45) is 10.8 Å². The zero-order valence-electron chi connectivity index (χ0n) is 14.2. The molecule has 0 atom stereocenters. The van der Waals surface area contributed by atoms with Gasteiger partial charge >= 0.3 is 134 Å². The molecule has 0 aromatic carbocycles. The molecule has 0 saturated carbocycles. The van der Waals surface area contributed by atoms with Gasteiger partial charge in [-0.05, 0) is 0 Å². The van der Waals surface area contributed by atoms with Crippen LogP contribution in [0.3, 0.4) is 0 Å². The van der Waals surface area contributed by atoms with E-state index in [9.17, 15) is 9.13 Å². The summed E-state index contributed by atoms with van der Waals surface area (Å²) in [6, 6.07) is 0. The molecule has 0 saturated heterocycles. The molecule has 0 unspecified atom stereocenters. The third kappa shape index (κ3) is 10.3. The summed E-state index contributed by atoms with van der Waals surface area (Å²) in [5.74, 6) is 0. The van der Waals surface area contributed by atoms with Crippen LogP contribution in [0.5, 0.6) is 0 Å². The van der Waals surface area contributed by atoms with Gasteiger partial charge < -0.3 is 0 Å². The van der Waals surface area contributed by atoms with E-state index in [1.807, 2.05) is 41.5 Å². The molecule has 6 nitrogen and oxygen atoms in total. The quantitative estimate of drug-likeness (QED) is 0.439. The first-order valence-corrected chi connectivity index (χ1v) is 14.1. The van der Waals surface area contributed by atoms with Crippen LogP contribution in [0.1, 0.15) is 41.5 Å². The van der Waals surface area contributed by atoms with Crippen LogP contribution in [-0.4, -0.2) is 41.5 Å². The number of hydrogen-bond acceptors (Lipinski definition) is 6. The summed E-state index contributed by atoms with van der Waals surface area (Å²) in [6.07, 6.45) is -6.93. The molecule has 0 fully saturated rings. The van der Waals surface area contributed by atoms with E-state index in [0.717, 1.165) is 0 Å². The summed E-state index contributed by atoms with van der Waals surface area (Å²) in [5, 5.41) is 0. The van der Waals surface area contributed by atoms with Crippen molar-refractivity contribution in [2.45, 2.75) is 41.5 Å². The fraction of sp³-hybridized carbons (Fsp3) is 1.00. The summed E-state index contributed by atoms with van der Waals surface area (Å²) in [6.45, 7) is 12.2. The first kappa shape index (κ1) is 21.8. The molecular formula is C12H28O6P2Se. The molecule has 0 bridgehead atoms. The fourth-order valence-electron chi connectivity index (χ4n) is 0.893. The predicted molar refractivity (Wildman–Crippen MR) is 85.8 cm³/mol. The Balaban J connectivity index is 5.08. The second-order valence-electron chi connectivity index (χ2n) is 7.01. The van der Waals surface area contributed by atoms with E-state index in [0.29, 0.717) is 0 Å². The van der Waals surface area contributed by atoms with Gasteiger partial charge in [0, 0.05) is 0 Å². The SMILES string of the molecule is COP(=O)(OC)[Se]P(=O)(OCC(C)(C)C)OCC(C)(C)C. The average molecular weight is 409 g/mol. The molecule has 21 heavy (non-hydrogen) atoms. The van der Waals surface area contributed by atoms with Crippen molar-refractivity contribution in [3.63, 3.8) is 0 Å². The van der Waals surface area contributed by atoms with E-state index in [2.05, 4.69) is 0 Å². The molecule has 0 aliphatic rings. The van der Waals surface area contributed by atoms with Crippen molar-refractivity contribution in [3.8, 4) is 0 Å². The van der Waals surface area contributed by atoms with E-state index in [4.69, 9.17) is 18.1 Å². The van der Waals surface area contributed by atoms with Crippen LogP contribution >= 0.6 is 12.6 Å². The first-order chi connectivity index (χ1) is 9.24. The van der Waals surface area contributed by atoms with E-state index < -0.39 is 26.6 Å². The van der Waals surface area contributed by atoms with Gasteiger partial charge in [-0.15, -0.1) is 0 Å². The second kappa shape index (κ2) is 8.08. The van der Waals surface area contributed by atoms with Crippen LogP contribution in [0.4, 0.5) is 0 Å². The van der Waals surface area contributed by atoms with Crippen molar-refractivity contribution < 1.29 is 27.2 Å². The van der Waals surface area contributed by atoms with Gasteiger partial charge in [-0.25, -0.2) is 0 Å². The molecule has 0 radical (unpaired) electrons. The Labute approximate surface area is 134 Å². The Morgan fingerprint density at radius 1 is 0.762 bits per heavy atom. The Bertz CT molecular complexity index is 383. The molecule has 0 aliphatic heterocycles. The van der Waals surface area contributed by atoms with Crippen LogP contribution < -0.4 is 0 Å². The summed E-state index contributed by atoms with van der Waals surface area (Å²) < 4.78 is 45.9. The molecule has 0 heterocycles. The molecule has 9 heteroatoms. The Morgan fingerprint density at radius 2 is 1.10 bits per heavy atom. The van der Waals surface area contributed by atoms with E-state index in [1.54, 1.807) is 0 Å². The molecule has 128 valence electrons. The van der Waals surface area contributed by atoms with Crippen LogP contribution in [0.25, 0.3) is 0 Å². The molecule has 0 spiro atoms. The van der Waals surface area contributed by atoms with Crippen LogP contribution in [0.2, 0.25) is 0 Å². The van der Waals surface area contributed by atoms with Gasteiger partial charge in [0.1, 0.15) is 0 Å². The van der Waals surface area contributed by atoms with Gasteiger partial charge in [-0.1, -0.05) is 0 Å². The Kier molecular flexibility index (Phi) is 8.39. The number of rotatable bonds is 8. The van der Waals surface area contributed by atoms with Gasteiger partial charge in [0.25, 0.3) is 0 Å². The molecular weight excluding hydrogens is 381 g/mol. The zero-order valence-corrected chi connectivity index (χ0v) is 17.7. The van der Waals surface area contributed by atoms with Crippen LogP contribution in [-0.2, 0) is 27.2 Å². The topological polar surface area (TPSA) is 71.1 Å². The van der Waals surface area contributed by atoms with Crippen molar-refractivity contribution in [3.05, 3.63) is 0 Å². The summed E-state index contributed by atoms with van der Waals surface area (Å²) in [4.78, 5) is 0. The summed E-state index contributed by atoms with van der Waals surface area (Å²) >= 11 is -1.06. The van der Waals surface area contributed by atoms with Gasteiger partial charge in [-0.3, -0.25) is 0 Å². The molecule has 0 aromatic heterocycles. The number of hydrogen-bond donors (Lipinski definition) is 0. The van der Waals surface area contributed by atoms with Gasteiger partial charge in [0.2, 0.25) is 0 Å². The van der Waals surface area contributed by atoms with Crippen molar-refractivity contribution >= 4 is 26.6 Å². The minimum atomic E-state index is -3.52. The minimum absolute atomic E-state index is 0.180. The summed E-state index contributed by atoms with van der Waals surface area (Å²) in [7, 11) is 2.54. The van der Waals surface area contributed by atoms with Gasteiger partial charge in [0.15, 0.2) is 0 Å². The van der Waals surface area contributed by atoms with Crippen LogP contribution in [0, 0.1) is 10.8 Å². The van der Waals surface area contributed by atoms with Crippen molar-refractivity contribution in [1.82, 2.24) is 0 Å². The molecule has 0 aromatic rings. The zero-order chi connectivity index (χ0) is 16.9.